The maximum atomic E-state index is 7.98. The molecule has 0 spiro atoms. The summed E-state index contributed by atoms with van der Waals surface area (Å²) in [7, 11) is 1.82. The van der Waals surface area contributed by atoms with E-state index in [-0.39, 0.29) is 0 Å². The quantitative estimate of drug-likeness (QED) is 0.493. The van der Waals surface area contributed by atoms with Gasteiger partial charge in [-0.2, -0.15) is 0 Å². The molecule has 1 aliphatic rings. The zero-order chi connectivity index (χ0) is 21.3. The van der Waals surface area contributed by atoms with Gasteiger partial charge in [-0.3, -0.25) is 0 Å². The van der Waals surface area contributed by atoms with Crippen LogP contribution in [0.1, 0.15) is 41.9 Å². The SMILES string of the molecule is [2H]C([2H])([2H])c1c[n+](C)c(-c2c(C)cc(C([2H])([2H])[2H])c3c2-n2ccnc2C3)cc1C. The third-order valence-electron chi connectivity index (χ3n) is 4.63. The summed E-state index contributed by atoms with van der Waals surface area (Å²) >= 11 is 0. The Kier molecular flexibility index (Phi) is 1.88. The zero-order valence-electron chi connectivity index (χ0n) is 19.4. The molecule has 3 heteroatoms. The van der Waals surface area contributed by atoms with Gasteiger partial charge in [-0.25, -0.2) is 9.55 Å². The molecule has 0 aliphatic carbocycles. The number of hydrogen-bond donors (Lipinski definition) is 0. The molecule has 1 aliphatic heterocycles. The minimum absolute atomic E-state index is 0.306. The topological polar surface area (TPSA) is 21.7 Å². The van der Waals surface area contributed by atoms with Gasteiger partial charge in [0.05, 0.1) is 11.3 Å². The second kappa shape index (κ2) is 4.79. The fourth-order valence-corrected chi connectivity index (χ4v) is 3.43. The van der Waals surface area contributed by atoms with Crippen LogP contribution in [0, 0.1) is 27.6 Å². The van der Waals surface area contributed by atoms with E-state index < -0.39 is 13.7 Å². The van der Waals surface area contributed by atoms with Crippen molar-refractivity contribution in [2.24, 2.45) is 7.05 Å². The number of benzene rings is 1. The average molecular weight is 310 g/mol. The molecule has 0 bridgehead atoms. The maximum Gasteiger partial charge on any atom is 0.214 e. The smallest absolute Gasteiger partial charge is 0.214 e. The molecule has 23 heavy (non-hydrogen) atoms. The fraction of sp³-hybridized carbons (Fsp3) is 0.300. The lowest BCUT2D eigenvalue weighted by atomic mass is 9.93. The van der Waals surface area contributed by atoms with Gasteiger partial charge in [0.1, 0.15) is 12.9 Å². The Bertz CT molecular complexity index is 1140. The molecule has 0 fully saturated rings. The molecule has 3 aromatic rings. The van der Waals surface area contributed by atoms with E-state index in [1.54, 1.807) is 30.0 Å². The number of pyridine rings is 1. The number of aromatic nitrogens is 3. The van der Waals surface area contributed by atoms with Crippen molar-refractivity contribution >= 4 is 0 Å². The van der Waals surface area contributed by atoms with Crippen LogP contribution in [0.25, 0.3) is 16.9 Å². The summed E-state index contributed by atoms with van der Waals surface area (Å²) in [5.74, 6) is 0.802. The van der Waals surface area contributed by atoms with Crippen LogP contribution in [0.3, 0.4) is 0 Å². The Balaban J connectivity index is 2.05. The van der Waals surface area contributed by atoms with Crippen molar-refractivity contribution in [2.75, 3.05) is 0 Å². The van der Waals surface area contributed by atoms with Crippen LogP contribution in [0.15, 0.2) is 30.7 Å². The van der Waals surface area contributed by atoms with Crippen molar-refractivity contribution in [3.8, 4) is 16.9 Å². The third-order valence-corrected chi connectivity index (χ3v) is 4.63. The molecule has 0 N–H and O–H groups in total. The number of rotatable bonds is 1. The third kappa shape index (κ3) is 1.96. The lowest BCUT2D eigenvalue weighted by Crippen LogP contribution is -2.32. The lowest BCUT2D eigenvalue weighted by molar-refractivity contribution is -0.660. The summed E-state index contributed by atoms with van der Waals surface area (Å²) in [6.07, 6.45) is 5.66. The van der Waals surface area contributed by atoms with E-state index >= 15 is 0 Å². The van der Waals surface area contributed by atoms with Crippen LogP contribution in [0.2, 0.25) is 0 Å². The fourth-order valence-electron chi connectivity index (χ4n) is 3.43. The summed E-state index contributed by atoms with van der Waals surface area (Å²) in [5, 5.41) is 0. The van der Waals surface area contributed by atoms with Gasteiger partial charge in [-0.15, -0.1) is 0 Å². The number of nitrogens with zero attached hydrogens (tertiary/aromatic N) is 3. The van der Waals surface area contributed by atoms with E-state index in [0.29, 0.717) is 23.1 Å². The van der Waals surface area contributed by atoms with E-state index in [1.165, 1.54) is 0 Å². The molecule has 0 saturated carbocycles. The predicted molar refractivity (Wildman–Crippen MR) is 91.9 cm³/mol. The Morgan fingerprint density at radius 3 is 2.74 bits per heavy atom. The summed E-state index contributed by atoms with van der Waals surface area (Å²) in [6, 6.07) is 3.61. The van der Waals surface area contributed by atoms with Gasteiger partial charge in [-0.05, 0) is 49.8 Å². The van der Waals surface area contributed by atoms with E-state index in [2.05, 4.69) is 4.98 Å². The molecule has 1 aromatic carbocycles. The van der Waals surface area contributed by atoms with Crippen molar-refractivity contribution in [1.82, 2.24) is 9.55 Å². The molecule has 116 valence electrons. The molecule has 3 heterocycles. The first-order valence-corrected chi connectivity index (χ1v) is 7.60. The van der Waals surface area contributed by atoms with E-state index in [4.69, 9.17) is 8.22 Å². The summed E-state index contributed by atoms with van der Waals surface area (Å²) < 4.78 is 51.0. The van der Waals surface area contributed by atoms with Gasteiger partial charge in [0.15, 0.2) is 6.20 Å². The Hall–Kier alpha value is -2.42. The molecule has 0 amide bonds. The van der Waals surface area contributed by atoms with Crippen molar-refractivity contribution in [3.63, 3.8) is 0 Å². The monoisotopic (exact) mass is 310 g/mol. The Morgan fingerprint density at radius 2 is 1.96 bits per heavy atom. The second-order valence-corrected chi connectivity index (χ2v) is 6.20. The Morgan fingerprint density at radius 1 is 1.13 bits per heavy atom. The lowest BCUT2D eigenvalue weighted by Gasteiger charge is -2.15. The maximum absolute atomic E-state index is 7.98. The number of aryl methyl sites for hydroxylation is 5. The van der Waals surface area contributed by atoms with Crippen LogP contribution in [-0.4, -0.2) is 9.55 Å². The molecular formula is C20H22N3+. The van der Waals surface area contributed by atoms with E-state index in [1.807, 2.05) is 30.8 Å². The minimum Gasteiger partial charge on any atom is -0.302 e. The molecule has 2 aromatic heterocycles. The summed E-state index contributed by atoms with van der Waals surface area (Å²) in [6.45, 7) is -0.729. The molecular weight excluding hydrogens is 282 g/mol. The molecule has 0 radical (unpaired) electrons. The normalized spacial score (nSPS) is 17.3. The average Bonchev–Trinajstić information content (AvgIpc) is 3.16. The summed E-state index contributed by atoms with van der Waals surface area (Å²) in [5.41, 5.74) is 5.46. The molecule has 3 nitrogen and oxygen atoms in total. The van der Waals surface area contributed by atoms with Crippen LogP contribution in [-0.2, 0) is 13.5 Å². The van der Waals surface area contributed by atoms with E-state index in [0.717, 1.165) is 33.9 Å². The van der Waals surface area contributed by atoms with Gasteiger partial charge in [0, 0.05) is 38.7 Å². The van der Waals surface area contributed by atoms with Crippen molar-refractivity contribution < 1.29 is 12.8 Å². The van der Waals surface area contributed by atoms with Gasteiger partial charge < -0.3 is 4.57 Å². The first kappa shape index (κ1) is 9.02. The Labute approximate surface area is 145 Å². The number of hydrogen-bond acceptors (Lipinski definition) is 1. The van der Waals surface area contributed by atoms with E-state index in [9.17, 15) is 0 Å². The second-order valence-electron chi connectivity index (χ2n) is 6.20. The number of fused-ring (bicyclic) bond motifs is 3. The molecule has 0 saturated heterocycles. The van der Waals surface area contributed by atoms with Gasteiger partial charge in [0.25, 0.3) is 0 Å². The highest BCUT2D eigenvalue weighted by Crippen LogP contribution is 2.39. The highest BCUT2D eigenvalue weighted by atomic mass is 15.1. The van der Waals surface area contributed by atoms with Crippen LogP contribution >= 0.6 is 0 Å². The first-order valence-electron chi connectivity index (χ1n) is 10.6. The van der Waals surface area contributed by atoms with Crippen molar-refractivity contribution in [1.29, 1.82) is 0 Å². The van der Waals surface area contributed by atoms with Gasteiger partial charge in [0.2, 0.25) is 5.69 Å². The predicted octanol–water partition coefficient (Wildman–Crippen LogP) is 3.50. The number of imidazole rings is 1. The first-order chi connectivity index (χ1) is 13.4. The van der Waals surface area contributed by atoms with Crippen molar-refractivity contribution in [2.45, 2.75) is 34.0 Å². The van der Waals surface area contributed by atoms with Crippen LogP contribution in [0.4, 0.5) is 0 Å². The van der Waals surface area contributed by atoms with Gasteiger partial charge >= 0.3 is 0 Å². The zero-order valence-corrected chi connectivity index (χ0v) is 13.4. The highest BCUT2D eigenvalue weighted by Gasteiger charge is 2.28. The largest absolute Gasteiger partial charge is 0.302 e. The molecule has 4 rings (SSSR count). The standard InChI is InChI=1S/C20H22N3/c1-12-9-17(22(5)11-15(12)4)19-14(3)8-13(2)16-10-18-21-6-7-23(18)20(16)19/h6-9,11H,10H2,1-5H3/q+1/i2D3,4D3. The van der Waals surface area contributed by atoms with Crippen molar-refractivity contribution in [3.05, 3.63) is 64.4 Å². The highest BCUT2D eigenvalue weighted by molar-refractivity contribution is 5.78. The minimum atomic E-state index is -2.22. The molecule has 0 unspecified atom stereocenters. The van der Waals surface area contributed by atoms with Crippen LogP contribution in [0.5, 0.6) is 0 Å². The van der Waals surface area contributed by atoms with Gasteiger partial charge in [-0.1, -0.05) is 6.07 Å². The molecule has 0 atom stereocenters. The van der Waals surface area contributed by atoms with Crippen LogP contribution < -0.4 is 4.57 Å². The summed E-state index contributed by atoms with van der Waals surface area (Å²) in [4.78, 5) is 4.38.